The van der Waals surface area contributed by atoms with E-state index in [1.165, 1.54) is 6.20 Å². The number of pyridine rings is 1. The molecule has 5 heteroatoms. The van der Waals surface area contributed by atoms with Gasteiger partial charge in [-0.05, 0) is 13.8 Å². The normalized spacial score (nSPS) is 9.92. The van der Waals surface area contributed by atoms with E-state index in [1.807, 2.05) is 0 Å². The van der Waals surface area contributed by atoms with Crippen molar-refractivity contribution in [3.63, 3.8) is 0 Å². The van der Waals surface area contributed by atoms with Crippen molar-refractivity contribution in [2.24, 2.45) is 0 Å². The highest BCUT2D eigenvalue weighted by atomic mass is 35.5. The van der Waals surface area contributed by atoms with Crippen molar-refractivity contribution >= 4 is 17.3 Å². The number of nitro groups is 1. The van der Waals surface area contributed by atoms with E-state index in [9.17, 15) is 10.1 Å². The molecule has 1 aromatic rings. The lowest BCUT2D eigenvalue weighted by Crippen LogP contribution is -1.97. The summed E-state index contributed by atoms with van der Waals surface area (Å²) < 4.78 is 0. The minimum absolute atomic E-state index is 0.00231. The maximum atomic E-state index is 10.5. The number of halogens is 1. The largest absolute Gasteiger partial charge is 0.294 e. The summed E-state index contributed by atoms with van der Waals surface area (Å²) in [4.78, 5) is 13.8. The summed E-state index contributed by atoms with van der Waals surface area (Å²) in [6, 6.07) is 0. The first kappa shape index (κ1) is 8.93. The highest BCUT2D eigenvalue weighted by Gasteiger charge is 2.17. The van der Waals surface area contributed by atoms with Gasteiger partial charge in [-0.3, -0.25) is 15.1 Å². The summed E-state index contributed by atoms with van der Waals surface area (Å²) in [6.07, 6.45) is 1.42. The Hall–Kier alpha value is -1.16. The number of hydrogen-bond acceptors (Lipinski definition) is 3. The molecule has 0 aliphatic heterocycles. The molecular weight excluding hydrogens is 180 g/mol. The second-order valence-electron chi connectivity index (χ2n) is 2.42. The van der Waals surface area contributed by atoms with Crippen LogP contribution in [0.3, 0.4) is 0 Å². The molecule has 0 fully saturated rings. The molecular formula is C7H7ClN2O2. The van der Waals surface area contributed by atoms with Gasteiger partial charge in [-0.15, -0.1) is 0 Å². The van der Waals surface area contributed by atoms with Gasteiger partial charge in [-0.25, -0.2) is 0 Å². The zero-order valence-corrected chi connectivity index (χ0v) is 7.42. The van der Waals surface area contributed by atoms with Crippen LogP contribution in [0.1, 0.15) is 11.3 Å². The Kier molecular flexibility index (Phi) is 2.28. The van der Waals surface area contributed by atoms with Crippen LogP contribution in [0.25, 0.3) is 0 Å². The van der Waals surface area contributed by atoms with Crippen LogP contribution >= 0.6 is 11.6 Å². The standard InChI is InChI=1S/C7H7ClN2O2/c1-4-6(8)3-9-5(2)7(4)10(11)12/h3H,1-2H3. The maximum absolute atomic E-state index is 10.5. The molecule has 0 aromatic carbocycles. The number of nitrogens with zero attached hydrogens (tertiary/aromatic N) is 2. The third-order valence-electron chi connectivity index (χ3n) is 1.61. The Morgan fingerprint density at radius 3 is 2.58 bits per heavy atom. The fourth-order valence-corrected chi connectivity index (χ4v) is 1.10. The second-order valence-corrected chi connectivity index (χ2v) is 2.83. The van der Waals surface area contributed by atoms with Gasteiger partial charge in [-0.2, -0.15) is 0 Å². The van der Waals surface area contributed by atoms with Crippen LogP contribution in [-0.4, -0.2) is 9.91 Å². The van der Waals surface area contributed by atoms with Crippen molar-refractivity contribution in [3.05, 3.63) is 32.6 Å². The zero-order chi connectivity index (χ0) is 9.30. The Morgan fingerprint density at radius 2 is 2.17 bits per heavy atom. The SMILES string of the molecule is Cc1ncc(Cl)c(C)c1[N+](=O)[O-]. The van der Waals surface area contributed by atoms with Gasteiger partial charge in [0, 0.05) is 11.8 Å². The molecule has 0 saturated carbocycles. The van der Waals surface area contributed by atoms with Crippen LogP contribution < -0.4 is 0 Å². The lowest BCUT2D eigenvalue weighted by atomic mass is 10.2. The summed E-state index contributed by atoms with van der Waals surface area (Å²) >= 11 is 5.66. The van der Waals surface area contributed by atoms with E-state index >= 15 is 0 Å². The maximum Gasteiger partial charge on any atom is 0.294 e. The molecule has 0 spiro atoms. The Bertz CT molecular complexity index is 338. The predicted octanol–water partition coefficient (Wildman–Crippen LogP) is 2.26. The van der Waals surface area contributed by atoms with Crippen molar-refractivity contribution in [2.75, 3.05) is 0 Å². The van der Waals surface area contributed by atoms with Crippen molar-refractivity contribution in [1.82, 2.24) is 4.98 Å². The van der Waals surface area contributed by atoms with E-state index in [0.717, 1.165) is 0 Å². The van der Waals surface area contributed by atoms with Crippen molar-refractivity contribution < 1.29 is 4.92 Å². The fourth-order valence-electron chi connectivity index (χ4n) is 0.965. The number of rotatable bonds is 1. The minimum atomic E-state index is -0.469. The molecule has 4 nitrogen and oxygen atoms in total. The first-order chi connectivity index (χ1) is 5.54. The Labute approximate surface area is 74.3 Å². The van der Waals surface area contributed by atoms with Crippen LogP contribution in [0.4, 0.5) is 5.69 Å². The predicted molar refractivity (Wildman–Crippen MR) is 45.4 cm³/mol. The van der Waals surface area contributed by atoms with Crippen molar-refractivity contribution in [1.29, 1.82) is 0 Å². The minimum Gasteiger partial charge on any atom is -0.258 e. The van der Waals surface area contributed by atoms with Gasteiger partial charge < -0.3 is 0 Å². The van der Waals surface area contributed by atoms with E-state index < -0.39 is 4.92 Å². The van der Waals surface area contributed by atoms with Gasteiger partial charge in [0.15, 0.2) is 0 Å². The molecule has 12 heavy (non-hydrogen) atoms. The highest BCUT2D eigenvalue weighted by molar-refractivity contribution is 6.31. The first-order valence-electron chi connectivity index (χ1n) is 3.30. The summed E-state index contributed by atoms with van der Waals surface area (Å²) in [7, 11) is 0. The van der Waals surface area contributed by atoms with E-state index in [-0.39, 0.29) is 5.69 Å². The molecule has 1 rings (SSSR count). The molecule has 64 valence electrons. The molecule has 0 unspecified atom stereocenters. The lowest BCUT2D eigenvalue weighted by molar-refractivity contribution is -0.386. The van der Waals surface area contributed by atoms with Crippen LogP contribution in [0.15, 0.2) is 6.20 Å². The first-order valence-corrected chi connectivity index (χ1v) is 3.68. The van der Waals surface area contributed by atoms with E-state index in [2.05, 4.69) is 4.98 Å². The molecule has 1 heterocycles. The Balaban J connectivity index is 3.43. The van der Waals surface area contributed by atoms with Crippen molar-refractivity contribution in [2.45, 2.75) is 13.8 Å². The van der Waals surface area contributed by atoms with Crippen LogP contribution in [0.2, 0.25) is 5.02 Å². The van der Waals surface area contributed by atoms with Gasteiger partial charge in [0.25, 0.3) is 5.69 Å². The molecule has 0 saturated heterocycles. The lowest BCUT2D eigenvalue weighted by Gasteiger charge is -2.00. The quantitative estimate of drug-likeness (QED) is 0.499. The number of aryl methyl sites for hydroxylation is 1. The number of hydrogen-bond donors (Lipinski definition) is 0. The average molecular weight is 187 g/mol. The topological polar surface area (TPSA) is 56.0 Å². The van der Waals surface area contributed by atoms with Gasteiger partial charge in [-0.1, -0.05) is 11.6 Å². The molecule has 0 N–H and O–H groups in total. The average Bonchev–Trinajstić information content (AvgIpc) is 1.97. The number of aromatic nitrogens is 1. The third kappa shape index (κ3) is 1.38. The molecule has 0 amide bonds. The summed E-state index contributed by atoms with van der Waals surface area (Å²) in [5.41, 5.74) is 0.860. The molecule has 0 bridgehead atoms. The smallest absolute Gasteiger partial charge is 0.258 e. The summed E-state index contributed by atoms with van der Waals surface area (Å²) in [5.74, 6) is 0. The van der Waals surface area contributed by atoms with E-state index in [1.54, 1.807) is 13.8 Å². The molecule has 0 atom stereocenters. The van der Waals surface area contributed by atoms with Crippen LogP contribution in [-0.2, 0) is 0 Å². The van der Waals surface area contributed by atoms with Gasteiger partial charge in [0.1, 0.15) is 5.69 Å². The Morgan fingerprint density at radius 1 is 1.58 bits per heavy atom. The van der Waals surface area contributed by atoms with Gasteiger partial charge in [0.2, 0.25) is 0 Å². The van der Waals surface area contributed by atoms with Gasteiger partial charge in [0.05, 0.1) is 9.95 Å². The summed E-state index contributed by atoms with van der Waals surface area (Å²) in [6.45, 7) is 3.19. The molecule has 0 aliphatic rings. The third-order valence-corrected chi connectivity index (χ3v) is 1.99. The van der Waals surface area contributed by atoms with Crippen molar-refractivity contribution in [3.8, 4) is 0 Å². The van der Waals surface area contributed by atoms with Gasteiger partial charge >= 0.3 is 0 Å². The molecule has 0 aliphatic carbocycles. The van der Waals surface area contributed by atoms with E-state index in [0.29, 0.717) is 16.3 Å². The monoisotopic (exact) mass is 186 g/mol. The second kappa shape index (κ2) is 3.06. The van der Waals surface area contributed by atoms with Crippen LogP contribution in [0.5, 0.6) is 0 Å². The highest BCUT2D eigenvalue weighted by Crippen LogP contribution is 2.26. The van der Waals surface area contributed by atoms with E-state index in [4.69, 9.17) is 11.6 Å². The molecule has 0 radical (unpaired) electrons. The fraction of sp³-hybridized carbons (Fsp3) is 0.286. The zero-order valence-electron chi connectivity index (χ0n) is 6.67. The van der Waals surface area contributed by atoms with Crippen LogP contribution in [0, 0.1) is 24.0 Å². The molecule has 1 aromatic heterocycles. The summed E-state index contributed by atoms with van der Waals surface area (Å²) in [5, 5.41) is 10.8.